The minimum absolute atomic E-state index is 0. The summed E-state index contributed by atoms with van der Waals surface area (Å²) in [5.74, 6) is -1.50. The van der Waals surface area contributed by atoms with Gasteiger partial charge in [0.05, 0.1) is 0 Å². The predicted molar refractivity (Wildman–Crippen MR) is 34.0 cm³/mol. The lowest BCUT2D eigenvalue weighted by Crippen LogP contribution is -2.65. The van der Waals surface area contributed by atoms with Gasteiger partial charge in [-0.2, -0.15) is 0 Å². The van der Waals surface area contributed by atoms with E-state index in [1.807, 2.05) is 0 Å². The average Bonchev–Trinajstić information content (AvgIpc) is 0.722. The number of nitrogens with two attached hydrogens (primary N) is 4. The molecular weight excluding hydrogens is 139 g/mol. The normalized spacial score (nSPS) is 8.57. The molecule has 0 fully saturated rings. The van der Waals surface area contributed by atoms with Crippen LogP contribution < -0.4 is 22.9 Å². The molecule has 0 aromatic carbocycles. The van der Waals surface area contributed by atoms with Crippen molar-refractivity contribution in [1.29, 1.82) is 0 Å². The molecule has 7 heavy (non-hydrogen) atoms. The lowest BCUT2D eigenvalue weighted by atomic mass is 10.8. The van der Waals surface area contributed by atoms with Crippen LogP contribution >= 0.6 is 24.8 Å². The van der Waals surface area contributed by atoms with E-state index in [1.165, 1.54) is 0 Å². The van der Waals surface area contributed by atoms with Gasteiger partial charge < -0.3 is 0 Å². The summed E-state index contributed by atoms with van der Waals surface area (Å²) in [6.07, 6.45) is 0. The van der Waals surface area contributed by atoms with Crippen molar-refractivity contribution in [3.05, 3.63) is 0 Å². The van der Waals surface area contributed by atoms with Crippen LogP contribution in [0, 0.1) is 0 Å². The number of rotatable bonds is 0. The van der Waals surface area contributed by atoms with Crippen LogP contribution in [0.5, 0.6) is 0 Å². The van der Waals surface area contributed by atoms with Gasteiger partial charge in [-0.15, -0.1) is 24.8 Å². The monoisotopic (exact) mass is 148 g/mol. The van der Waals surface area contributed by atoms with Gasteiger partial charge in [0, 0.05) is 0 Å². The Morgan fingerprint density at radius 1 is 0.714 bits per heavy atom. The van der Waals surface area contributed by atoms with Gasteiger partial charge in [-0.25, -0.2) is 0 Å². The van der Waals surface area contributed by atoms with E-state index in [-0.39, 0.29) is 24.8 Å². The second kappa shape index (κ2) is 4.58. The van der Waals surface area contributed by atoms with Gasteiger partial charge in [0.25, 0.3) is 0 Å². The van der Waals surface area contributed by atoms with Crippen molar-refractivity contribution >= 4 is 24.8 Å². The summed E-state index contributed by atoms with van der Waals surface area (Å²) >= 11 is 0. The highest BCUT2D eigenvalue weighted by molar-refractivity contribution is 5.85. The maximum atomic E-state index is 4.69. The van der Waals surface area contributed by atoms with E-state index in [0.717, 1.165) is 0 Å². The Morgan fingerprint density at radius 3 is 0.714 bits per heavy atom. The topological polar surface area (TPSA) is 104 Å². The minimum Gasteiger partial charge on any atom is -0.288 e. The van der Waals surface area contributed by atoms with Crippen molar-refractivity contribution in [3.8, 4) is 0 Å². The molecule has 0 radical (unpaired) electrons. The molecule has 0 rings (SSSR count). The molecule has 0 bridgehead atoms. The number of hydrogen-bond acceptors (Lipinski definition) is 4. The third kappa shape index (κ3) is 711. The van der Waals surface area contributed by atoms with E-state index in [9.17, 15) is 0 Å². The standard InChI is InChI=1S/CH8N4.2ClH/c2-1(3,4)5;;/h2-5H2;2*1H. The Balaban J connectivity index is -0.0000000800. The molecule has 0 unspecified atom stereocenters. The molecule has 6 heteroatoms. The summed E-state index contributed by atoms with van der Waals surface area (Å²) in [7, 11) is 0. The molecule has 0 saturated heterocycles. The zero-order chi connectivity index (χ0) is 4.50. The van der Waals surface area contributed by atoms with Gasteiger partial charge in [0.2, 0.25) is 0 Å². The molecule has 0 amide bonds. The highest BCUT2D eigenvalue weighted by Crippen LogP contribution is 1.43. The maximum absolute atomic E-state index is 4.69. The van der Waals surface area contributed by atoms with Gasteiger partial charge in [-0.1, -0.05) is 0 Å². The van der Waals surface area contributed by atoms with E-state index in [0.29, 0.717) is 0 Å². The predicted octanol–water partition coefficient (Wildman–Crippen LogP) is -1.72. The van der Waals surface area contributed by atoms with Crippen LogP contribution in [-0.2, 0) is 0 Å². The Morgan fingerprint density at radius 2 is 0.714 bits per heavy atom. The van der Waals surface area contributed by atoms with Crippen LogP contribution in [0.25, 0.3) is 0 Å². The number of hydrogen-bond donors (Lipinski definition) is 4. The fourth-order valence-electron chi connectivity index (χ4n) is 0. The molecule has 8 N–H and O–H groups in total. The van der Waals surface area contributed by atoms with Crippen LogP contribution in [0.1, 0.15) is 0 Å². The lowest BCUT2D eigenvalue weighted by molar-refractivity contribution is 0.484. The second-order valence-electron chi connectivity index (χ2n) is 1.00. The highest BCUT2D eigenvalue weighted by Gasteiger charge is 1.96. The van der Waals surface area contributed by atoms with Crippen LogP contribution in [0.2, 0.25) is 0 Å². The van der Waals surface area contributed by atoms with Gasteiger partial charge >= 0.3 is 0 Å². The minimum atomic E-state index is -1.50. The Kier molecular flexibility index (Phi) is 10.2. The van der Waals surface area contributed by atoms with Crippen molar-refractivity contribution in [2.24, 2.45) is 22.9 Å². The molecule has 0 aromatic heterocycles. The Labute approximate surface area is 54.4 Å². The summed E-state index contributed by atoms with van der Waals surface area (Å²) in [5, 5.41) is 0. The van der Waals surface area contributed by atoms with Gasteiger partial charge in [0.1, 0.15) is 0 Å². The van der Waals surface area contributed by atoms with E-state index >= 15 is 0 Å². The quantitative estimate of drug-likeness (QED) is 0.307. The van der Waals surface area contributed by atoms with E-state index < -0.39 is 5.91 Å². The molecule has 4 nitrogen and oxygen atoms in total. The molecule has 0 aromatic rings. The fourth-order valence-corrected chi connectivity index (χ4v) is 0. The maximum Gasteiger partial charge on any atom is 0.171 e. The van der Waals surface area contributed by atoms with Crippen LogP contribution in [0.3, 0.4) is 0 Å². The average molecular weight is 149 g/mol. The molecule has 0 saturated carbocycles. The zero-order valence-electron chi connectivity index (χ0n) is 3.63. The Hall–Kier alpha value is 0.420. The molecule has 0 atom stereocenters. The first kappa shape index (κ1) is 15.7. The lowest BCUT2D eigenvalue weighted by Gasteiger charge is -2.07. The van der Waals surface area contributed by atoms with E-state index in [4.69, 9.17) is 0 Å². The first-order valence-electron chi connectivity index (χ1n) is 1.15. The summed E-state index contributed by atoms with van der Waals surface area (Å²) < 4.78 is 0. The van der Waals surface area contributed by atoms with Crippen molar-refractivity contribution in [2.45, 2.75) is 5.91 Å². The SMILES string of the molecule is Cl.Cl.NC(N)(N)N. The summed E-state index contributed by atoms with van der Waals surface area (Å²) in [6, 6.07) is 0. The van der Waals surface area contributed by atoms with Crippen molar-refractivity contribution in [3.63, 3.8) is 0 Å². The third-order valence-corrected chi connectivity index (χ3v) is 0. The van der Waals surface area contributed by atoms with Gasteiger partial charge in [-0.05, 0) is 0 Å². The second-order valence-corrected chi connectivity index (χ2v) is 1.00. The summed E-state index contributed by atoms with van der Waals surface area (Å²) in [4.78, 5) is 0. The van der Waals surface area contributed by atoms with E-state index in [2.05, 4.69) is 22.9 Å². The number of halogens is 2. The van der Waals surface area contributed by atoms with E-state index in [1.54, 1.807) is 0 Å². The molecule has 0 aliphatic carbocycles. The van der Waals surface area contributed by atoms with Crippen LogP contribution in [0.15, 0.2) is 0 Å². The Bertz CT molecular complexity index is 25.2. The van der Waals surface area contributed by atoms with Gasteiger partial charge in [-0.3, -0.25) is 22.9 Å². The molecule has 0 spiro atoms. The molecule has 0 aliphatic heterocycles. The van der Waals surface area contributed by atoms with Crippen molar-refractivity contribution in [2.75, 3.05) is 0 Å². The van der Waals surface area contributed by atoms with Crippen LogP contribution in [0.4, 0.5) is 0 Å². The summed E-state index contributed by atoms with van der Waals surface area (Å²) in [6.45, 7) is 0. The third-order valence-electron chi connectivity index (χ3n) is 0. The molecule has 0 heterocycles. The van der Waals surface area contributed by atoms with Crippen LogP contribution in [-0.4, -0.2) is 5.91 Å². The van der Waals surface area contributed by atoms with Crippen molar-refractivity contribution < 1.29 is 0 Å². The first-order chi connectivity index (χ1) is 2.00. The molecule has 0 aliphatic rings. The summed E-state index contributed by atoms with van der Waals surface area (Å²) in [5.41, 5.74) is 18.8. The van der Waals surface area contributed by atoms with Gasteiger partial charge in [0.15, 0.2) is 5.91 Å². The fraction of sp³-hybridized carbons (Fsp3) is 1.00. The smallest absolute Gasteiger partial charge is 0.171 e. The van der Waals surface area contributed by atoms with Crippen molar-refractivity contribution in [1.82, 2.24) is 0 Å². The zero-order valence-corrected chi connectivity index (χ0v) is 5.26. The molecule has 48 valence electrons. The largest absolute Gasteiger partial charge is 0.288 e. The highest BCUT2D eigenvalue weighted by atomic mass is 35.5. The molecular formula is CH10Cl2N4. The first-order valence-corrected chi connectivity index (χ1v) is 1.15.